The lowest BCUT2D eigenvalue weighted by Crippen LogP contribution is -2.36. The summed E-state index contributed by atoms with van der Waals surface area (Å²) >= 11 is 0. The van der Waals surface area contributed by atoms with E-state index in [-0.39, 0.29) is 18.4 Å². The van der Waals surface area contributed by atoms with Crippen LogP contribution < -0.4 is 16.4 Å². The van der Waals surface area contributed by atoms with E-state index in [0.717, 1.165) is 11.3 Å². The van der Waals surface area contributed by atoms with E-state index in [2.05, 4.69) is 10.6 Å². The van der Waals surface area contributed by atoms with Gasteiger partial charge in [-0.25, -0.2) is 0 Å². The van der Waals surface area contributed by atoms with Gasteiger partial charge in [-0.2, -0.15) is 0 Å². The molecular formula is C13H19N3O2. The molecule has 5 heteroatoms. The van der Waals surface area contributed by atoms with E-state index in [1.807, 2.05) is 19.1 Å². The Balaban J connectivity index is 2.81. The second kappa shape index (κ2) is 6.05. The number of nitrogens with one attached hydrogen (secondary N) is 2. The Morgan fingerprint density at radius 1 is 1.39 bits per heavy atom. The van der Waals surface area contributed by atoms with Gasteiger partial charge in [0.25, 0.3) is 5.91 Å². The third-order valence-electron chi connectivity index (χ3n) is 2.57. The molecule has 4 N–H and O–H groups in total. The number of amides is 2. The molecule has 0 aliphatic carbocycles. The highest BCUT2D eigenvalue weighted by Crippen LogP contribution is 2.17. The molecule has 0 saturated carbocycles. The van der Waals surface area contributed by atoms with E-state index in [1.54, 1.807) is 20.0 Å². The van der Waals surface area contributed by atoms with Gasteiger partial charge in [-0.3, -0.25) is 9.59 Å². The van der Waals surface area contributed by atoms with Crippen LogP contribution in [0.1, 0.15) is 29.3 Å². The van der Waals surface area contributed by atoms with Crippen molar-refractivity contribution < 1.29 is 9.59 Å². The summed E-state index contributed by atoms with van der Waals surface area (Å²) in [6.45, 7) is 3.70. The highest BCUT2D eigenvalue weighted by molar-refractivity contribution is 6.00. The predicted octanol–water partition coefficient (Wildman–Crippen LogP) is 1.03. The van der Waals surface area contributed by atoms with Gasteiger partial charge in [-0.1, -0.05) is 6.07 Å². The van der Waals surface area contributed by atoms with E-state index < -0.39 is 5.91 Å². The summed E-state index contributed by atoms with van der Waals surface area (Å²) in [6.07, 6.45) is 0.131. The number of nitrogens with two attached hydrogens (primary N) is 1. The maximum Gasteiger partial charge on any atom is 0.253 e. The summed E-state index contributed by atoms with van der Waals surface area (Å²) in [5.74, 6) is -0.645. The van der Waals surface area contributed by atoms with Crippen molar-refractivity contribution in [3.05, 3.63) is 29.3 Å². The molecule has 1 rings (SSSR count). The molecule has 1 atom stereocenters. The van der Waals surface area contributed by atoms with Gasteiger partial charge < -0.3 is 16.4 Å². The minimum Gasteiger partial charge on any atom is -0.387 e. The first-order valence-corrected chi connectivity index (χ1v) is 5.81. The van der Waals surface area contributed by atoms with Gasteiger partial charge in [-0.05, 0) is 31.5 Å². The highest BCUT2D eigenvalue weighted by Gasteiger charge is 2.14. The summed E-state index contributed by atoms with van der Waals surface area (Å²) < 4.78 is 0. The van der Waals surface area contributed by atoms with Gasteiger partial charge in [0.15, 0.2) is 0 Å². The molecule has 98 valence electrons. The van der Waals surface area contributed by atoms with Crippen molar-refractivity contribution in [2.24, 2.45) is 5.73 Å². The van der Waals surface area contributed by atoms with Crippen molar-refractivity contribution in [3.8, 4) is 0 Å². The minimum atomic E-state index is -0.430. The molecular weight excluding hydrogens is 230 g/mol. The number of benzene rings is 1. The molecule has 0 fully saturated rings. The normalized spacial score (nSPS) is 11.7. The quantitative estimate of drug-likeness (QED) is 0.728. The zero-order chi connectivity index (χ0) is 13.7. The Kier molecular flexibility index (Phi) is 4.71. The minimum absolute atomic E-state index is 0.131. The number of rotatable bonds is 5. The molecule has 0 saturated heterocycles. The van der Waals surface area contributed by atoms with Crippen molar-refractivity contribution >= 4 is 17.5 Å². The molecule has 0 radical (unpaired) electrons. The van der Waals surface area contributed by atoms with Crippen LogP contribution in [-0.2, 0) is 4.79 Å². The molecule has 0 aliphatic heterocycles. The van der Waals surface area contributed by atoms with Crippen molar-refractivity contribution in [2.45, 2.75) is 26.3 Å². The molecule has 0 bridgehead atoms. The number of primary amides is 1. The van der Waals surface area contributed by atoms with Crippen LogP contribution in [0.3, 0.4) is 0 Å². The lowest BCUT2D eigenvalue weighted by atomic mass is 10.1. The fourth-order valence-corrected chi connectivity index (χ4v) is 1.72. The average molecular weight is 249 g/mol. The Labute approximate surface area is 107 Å². The molecule has 0 spiro atoms. The van der Waals surface area contributed by atoms with Crippen molar-refractivity contribution in [2.75, 3.05) is 12.4 Å². The topological polar surface area (TPSA) is 84.2 Å². The average Bonchev–Trinajstić information content (AvgIpc) is 2.27. The fourth-order valence-electron chi connectivity index (χ4n) is 1.72. The molecule has 2 amide bonds. The van der Waals surface area contributed by atoms with E-state index in [4.69, 9.17) is 5.73 Å². The van der Waals surface area contributed by atoms with E-state index in [9.17, 15) is 9.59 Å². The van der Waals surface area contributed by atoms with E-state index >= 15 is 0 Å². The summed E-state index contributed by atoms with van der Waals surface area (Å²) in [4.78, 5) is 22.8. The first-order chi connectivity index (χ1) is 8.43. The van der Waals surface area contributed by atoms with Crippen LogP contribution >= 0.6 is 0 Å². The number of anilines is 1. The highest BCUT2D eigenvalue weighted by atomic mass is 16.2. The number of hydrogen-bond donors (Lipinski definition) is 3. The van der Waals surface area contributed by atoms with Crippen LogP contribution in [0.15, 0.2) is 18.2 Å². The fraction of sp³-hybridized carbons (Fsp3) is 0.385. The summed E-state index contributed by atoms with van der Waals surface area (Å²) in [7, 11) is 1.76. The van der Waals surface area contributed by atoms with Gasteiger partial charge >= 0.3 is 0 Å². The molecule has 1 aromatic rings. The van der Waals surface area contributed by atoms with E-state index in [1.165, 1.54) is 0 Å². The van der Waals surface area contributed by atoms with E-state index in [0.29, 0.717) is 5.56 Å². The van der Waals surface area contributed by atoms with Crippen molar-refractivity contribution in [1.29, 1.82) is 0 Å². The van der Waals surface area contributed by atoms with Gasteiger partial charge in [0, 0.05) is 25.2 Å². The van der Waals surface area contributed by atoms with Gasteiger partial charge in [-0.15, -0.1) is 0 Å². The zero-order valence-corrected chi connectivity index (χ0v) is 10.9. The maximum atomic E-state index is 12.0. The summed E-state index contributed by atoms with van der Waals surface area (Å²) in [5.41, 5.74) is 7.47. The monoisotopic (exact) mass is 249 g/mol. The first-order valence-electron chi connectivity index (χ1n) is 5.81. The van der Waals surface area contributed by atoms with Crippen LogP contribution in [0.5, 0.6) is 0 Å². The third kappa shape index (κ3) is 3.76. The van der Waals surface area contributed by atoms with Crippen LogP contribution in [-0.4, -0.2) is 24.9 Å². The van der Waals surface area contributed by atoms with Crippen molar-refractivity contribution in [3.63, 3.8) is 0 Å². The lowest BCUT2D eigenvalue weighted by molar-refractivity contribution is -0.118. The standard InChI is InChI=1S/C13H19N3O2/c1-8-4-5-10(11(6-8)15-3)13(18)16-9(2)7-12(14)17/h4-6,9,15H,7H2,1-3H3,(H2,14,17)(H,16,18). The number of aryl methyl sites for hydroxylation is 1. The molecule has 1 aromatic carbocycles. The molecule has 0 aliphatic rings. The number of hydrogen-bond acceptors (Lipinski definition) is 3. The molecule has 0 heterocycles. The van der Waals surface area contributed by atoms with Crippen LogP contribution in [0, 0.1) is 6.92 Å². The van der Waals surface area contributed by atoms with Gasteiger partial charge in [0.1, 0.15) is 0 Å². The van der Waals surface area contributed by atoms with Crippen LogP contribution in [0.25, 0.3) is 0 Å². The molecule has 0 aromatic heterocycles. The van der Waals surface area contributed by atoms with Crippen LogP contribution in [0.4, 0.5) is 5.69 Å². The Hall–Kier alpha value is -2.04. The zero-order valence-electron chi connectivity index (χ0n) is 10.9. The smallest absolute Gasteiger partial charge is 0.253 e. The third-order valence-corrected chi connectivity index (χ3v) is 2.57. The second-order valence-electron chi connectivity index (χ2n) is 4.34. The first kappa shape index (κ1) is 14.0. The predicted molar refractivity (Wildman–Crippen MR) is 71.5 cm³/mol. The Morgan fingerprint density at radius 3 is 2.61 bits per heavy atom. The second-order valence-corrected chi connectivity index (χ2v) is 4.34. The Morgan fingerprint density at radius 2 is 2.06 bits per heavy atom. The summed E-state index contributed by atoms with van der Waals surface area (Å²) in [5, 5.41) is 5.72. The lowest BCUT2D eigenvalue weighted by Gasteiger charge is -2.14. The molecule has 18 heavy (non-hydrogen) atoms. The summed E-state index contributed by atoms with van der Waals surface area (Å²) in [6, 6.07) is 5.25. The SMILES string of the molecule is CNc1cc(C)ccc1C(=O)NC(C)CC(N)=O. The van der Waals surface area contributed by atoms with Gasteiger partial charge in [0.05, 0.1) is 5.56 Å². The van der Waals surface area contributed by atoms with Crippen LogP contribution in [0.2, 0.25) is 0 Å². The maximum absolute atomic E-state index is 12.0. The number of carbonyl (C=O) groups is 2. The van der Waals surface area contributed by atoms with Gasteiger partial charge in [0.2, 0.25) is 5.91 Å². The Bertz CT molecular complexity index is 458. The molecule has 5 nitrogen and oxygen atoms in total. The van der Waals surface area contributed by atoms with Crippen molar-refractivity contribution in [1.82, 2.24) is 5.32 Å². The number of carbonyl (C=O) groups excluding carboxylic acids is 2. The largest absolute Gasteiger partial charge is 0.387 e. The molecule has 1 unspecified atom stereocenters.